The Kier molecular flexibility index (Phi) is 4.23. The number of hydrogen-bond donors (Lipinski definition) is 1. The van der Waals surface area contributed by atoms with Gasteiger partial charge in [0.2, 0.25) is 0 Å². The lowest BCUT2D eigenvalue weighted by Gasteiger charge is -2.33. The molecule has 1 N–H and O–H groups in total. The number of thiocarbonyl (C=S) groups is 1. The third-order valence-corrected chi connectivity index (χ3v) is 4.06. The Hall–Kier alpha value is -1.09. The number of nitrogens with zero attached hydrogens (tertiary/aromatic N) is 1. The van der Waals surface area contributed by atoms with E-state index in [1.165, 1.54) is 24.0 Å². The van der Waals surface area contributed by atoms with Gasteiger partial charge < -0.3 is 10.2 Å². The fourth-order valence-electron chi connectivity index (χ4n) is 2.40. The Morgan fingerprint density at radius 2 is 2.11 bits per heavy atom. The smallest absolute Gasteiger partial charge is 0.173 e. The average Bonchev–Trinajstić information content (AvgIpc) is 2.34. The summed E-state index contributed by atoms with van der Waals surface area (Å²) in [4.78, 5) is 2.29. The van der Waals surface area contributed by atoms with E-state index < -0.39 is 0 Å². The van der Waals surface area contributed by atoms with Crippen molar-refractivity contribution >= 4 is 23.0 Å². The largest absolute Gasteiger partial charge is 0.349 e. The number of nitrogens with one attached hydrogen (secondary N) is 1. The molecule has 1 aromatic carbocycles. The first-order chi connectivity index (χ1) is 8.56. The third kappa shape index (κ3) is 3.22. The van der Waals surface area contributed by atoms with E-state index in [0.29, 0.717) is 0 Å². The van der Waals surface area contributed by atoms with E-state index in [9.17, 15) is 0 Å². The fraction of sp³-hybridized carbons (Fsp3) is 0.533. The molecule has 1 atom stereocenters. The maximum atomic E-state index is 5.50. The Balaban J connectivity index is 2.00. The van der Waals surface area contributed by atoms with Gasteiger partial charge in [0, 0.05) is 18.8 Å². The highest BCUT2D eigenvalue weighted by Gasteiger charge is 2.18. The van der Waals surface area contributed by atoms with Gasteiger partial charge in [-0.3, -0.25) is 0 Å². The first kappa shape index (κ1) is 13.3. The quantitative estimate of drug-likeness (QED) is 0.776. The second-order valence-corrected chi connectivity index (χ2v) is 5.81. The Bertz CT molecular complexity index is 442. The van der Waals surface area contributed by atoms with Gasteiger partial charge in [0.05, 0.1) is 0 Å². The van der Waals surface area contributed by atoms with Gasteiger partial charge in [0.15, 0.2) is 5.11 Å². The maximum absolute atomic E-state index is 5.50. The molecule has 2 nitrogen and oxygen atoms in total. The molecule has 0 aromatic heterocycles. The molecule has 1 fully saturated rings. The van der Waals surface area contributed by atoms with Crippen molar-refractivity contribution in [2.45, 2.75) is 33.6 Å². The molecule has 1 saturated heterocycles. The number of aryl methyl sites for hydroxylation is 2. The molecule has 1 aromatic rings. The Morgan fingerprint density at radius 1 is 1.33 bits per heavy atom. The summed E-state index contributed by atoms with van der Waals surface area (Å²) in [6, 6.07) is 6.40. The standard InChI is InChI=1S/C15H22N2S/c1-11-5-4-8-17(10-11)15(18)16-14-7-6-12(2)13(3)9-14/h6-7,9,11H,4-5,8,10H2,1-3H3,(H,16,18). The molecule has 0 amide bonds. The molecule has 18 heavy (non-hydrogen) atoms. The predicted octanol–water partition coefficient (Wildman–Crippen LogP) is 3.73. The van der Waals surface area contributed by atoms with Crippen LogP contribution in [-0.2, 0) is 0 Å². The summed E-state index contributed by atoms with van der Waals surface area (Å²) in [5.74, 6) is 0.748. The van der Waals surface area contributed by atoms with Gasteiger partial charge in [-0.25, -0.2) is 0 Å². The average molecular weight is 262 g/mol. The van der Waals surface area contributed by atoms with Crippen LogP contribution in [0.2, 0.25) is 0 Å². The molecular weight excluding hydrogens is 240 g/mol. The third-order valence-electron chi connectivity index (χ3n) is 3.70. The lowest BCUT2D eigenvalue weighted by molar-refractivity contribution is 0.276. The van der Waals surface area contributed by atoms with Crippen LogP contribution in [0.3, 0.4) is 0 Å². The maximum Gasteiger partial charge on any atom is 0.173 e. The lowest BCUT2D eigenvalue weighted by atomic mass is 10.0. The summed E-state index contributed by atoms with van der Waals surface area (Å²) in [7, 11) is 0. The van der Waals surface area contributed by atoms with Gasteiger partial charge in [0.25, 0.3) is 0 Å². The van der Waals surface area contributed by atoms with Crippen LogP contribution >= 0.6 is 12.2 Å². The van der Waals surface area contributed by atoms with Crippen molar-refractivity contribution in [3.05, 3.63) is 29.3 Å². The van der Waals surface area contributed by atoms with Crippen LogP contribution in [0.15, 0.2) is 18.2 Å². The van der Waals surface area contributed by atoms with Gasteiger partial charge >= 0.3 is 0 Å². The molecule has 0 bridgehead atoms. The second kappa shape index (κ2) is 5.70. The van der Waals surface area contributed by atoms with Crippen molar-refractivity contribution < 1.29 is 0 Å². The van der Waals surface area contributed by atoms with Crippen LogP contribution in [0, 0.1) is 19.8 Å². The highest BCUT2D eigenvalue weighted by Crippen LogP contribution is 2.18. The van der Waals surface area contributed by atoms with Gasteiger partial charge in [-0.2, -0.15) is 0 Å². The molecular formula is C15H22N2S. The van der Waals surface area contributed by atoms with Crippen molar-refractivity contribution in [3.8, 4) is 0 Å². The highest BCUT2D eigenvalue weighted by atomic mass is 32.1. The van der Waals surface area contributed by atoms with E-state index in [4.69, 9.17) is 12.2 Å². The van der Waals surface area contributed by atoms with Crippen LogP contribution in [0.25, 0.3) is 0 Å². The van der Waals surface area contributed by atoms with E-state index >= 15 is 0 Å². The Labute approximate surface area is 115 Å². The lowest BCUT2D eigenvalue weighted by Crippen LogP contribution is -2.41. The van der Waals surface area contributed by atoms with Crippen LogP contribution < -0.4 is 5.32 Å². The molecule has 98 valence electrons. The van der Waals surface area contributed by atoms with E-state index in [1.54, 1.807) is 0 Å². The van der Waals surface area contributed by atoms with Gasteiger partial charge in [-0.15, -0.1) is 0 Å². The minimum absolute atomic E-state index is 0.748. The molecule has 0 saturated carbocycles. The number of rotatable bonds is 1. The first-order valence-electron chi connectivity index (χ1n) is 6.69. The summed E-state index contributed by atoms with van der Waals surface area (Å²) < 4.78 is 0. The SMILES string of the molecule is Cc1ccc(NC(=S)N2CCCC(C)C2)cc1C. The Morgan fingerprint density at radius 3 is 2.78 bits per heavy atom. The molecule has 3 heteroatoms. The summed E-state index contributed by atoms with van der Waals surface area (Å²) in [6.45, 7) is 8.72. The molecule has 1 aliphatic heterocycles. The number of hydrogen-bond acceptors (Lipinski definition) is 1. The monoisotopic (exact) mass is 262 g/mol. The van der Waals surface area contributed by atoms with Crippen LogP contribution in [0.4, 0.5) is 5.69 Å². The van der Waals surface area contributed by atoms with Crippen molar-refractivity contribution in [3.63, 3.8) is 0 Å². The van der Waals surface area contributed by atoms with Crippen LogP contribution in [-0.4, -0.2) is 23.1 Å². The van der Waals surface area contributed by atoms with Crippen molar-refractivity contribution in [1.82, 2.24) is 4.90 Å². The van der Waals surface area contributed by atoms with Gasteiger partial charge in [0.1, 0.15) is 0 Å². The zero-order valence-electron chi connectivity index (χ0n) is 11.5. The molecule has 1 unspecified atom stereocenters. The first-order valence-corrected chi connectivity index (χ1v) is 7.10. The summed E-state index contributed by atoms with van der Waals surface area (Å²) >= 11 is 5.50. The molecule has 0 radical (unpaired) electrons. The van der Waals surface area contributed by atoms with Gasteiger partial charge in [-0.05, 0) is 68.1 Å². The number of anilines is 1. The molecule has 0 spiro atoms. The topological polar surface area (TPSA) is 15.3 Å². The van der Waals surface area contributed by atoms with Gasteiger partial charge in [-0.1, -0.05) is 13.0 Å². The van der Waals surface area contributed by atoms with Crippen molar-refractivity contribution in [2.75, 3.05) is 18.4 Å². The summed E-state index contributed by atoms with van der Waals surface area (Å²) in [5, 5.41) is 4.22. The van der Waals surface area contributed by atoms with E-state index in [1.807, 2.05) is 0 Å². The van der Waals surface area contributed by atoms with Crippen molar-refractivity contribution in [1.29, 1.82) is 0 Å². The van der Waals surface area contributed by atoms with Crippen LogP contribution in [0.5, 0.6) is 0 Å². The molecule has 1 aliphatic rings. The molecule has 1 heterocycles. The number of piperidine rings is 1. The van der Waals surface area contributed by atoms with Crippen LogP contribution in [0.1, 0.15) is 30.9 Å². The molecule has 2 rings (SSSR count). The zero-order chi connectivity index (χ0) is 13.1. The minimum atomic E-state index is 0.748. The van der Waals surface area contributed by atoms with E-state index in [2.05, 4.69) is 49.2 Å². The minimum Gasteiger partial charge on any atom is -0.349 e. The zero-order valence-corrected chi connectivity index (χ0v) is 12.3. The number of benzene rings is 1. The summed E-state index contributed by atoms with van der Waals surface area (Å²) in [5.41, 5.74) is 3.72. The highest BCUT2D eigenvalue weighted by molar-refractivity contribution is 7.80. The predicted molar refractivity (Wildman–Crippen MR) is 82.1 cm³/mol. The normalized spacial score (nSPS) is 19.7. The molecule has 0 aliphatic carbocycles. The van der Waals surface area contributed by atoms with Crippen molar-refractivity contribution in [2.24, 2.45) is 5.92 Å². The summed E-state index contributed by atoms with van der Waals surface area (Å²) in [6.07, 6.45) is 2.57. The number of likely N-dealkylation sites (tertiary alicyclic amines) is 1. The van der Waals surface area contributed by atoms with E-state index in [0.717, 1.165) is 29.8 Å². The second-order valence-electron chi connectivity index (χ2n) is 5.42. The van der Waals surface area contributed by atoms with E-state index in [-0.39, 0.29) is 0 Å². The fourth-order valence-corrected chi connectivity index (χ4v) is 2.68.